The quantitative estimate of drug-likeness (QED) is 0.714. The average molecular weight is 435 g/mol. The lowest BCUT2D eigenvalue weighted by Gasteiger charge is -2.26. The van der Waals surface area contributed by atoms with Gasteiger partial charge in [0.05, 0.1) is 5.69 Å². The monoisotopic (exact) mass is 435 g/mol. The molecule has 162 valence electrons. The summed E-state index contributed by atoms with van der Waals surface area (Å²) >= 11 is 0. The summed E-state index contributed by atoms with van der Waals surface area (Å²) in [5, 5.41) is 0. The van der Waals surface area contributed by atoms with Crippen LogP contribution in [0, 0.1) is 18.8 Å². The molecular formula is C18H24F3N3O4S. The normalized spacial score (nSPS) is 23.3. The smallest absolute Gasteiger partial charge is 0.433 e. The first-order chi connectivity index (χ1) is 13.2. The van der Waals surface area contributed by atoms with E-state index in [1.54, 1.807) is 25.7 Å². The largest absolute Gasteiger partial charge is 0.444 e. The molecule has 7 nitrogen and oxygen atoms in total. The lowest BCUT2D eigenvalue weighted by molar-refractivity contribution is -0.141. The van der Waals surface area contributed by atoms with Crippen LogP contribution in [0.2, 0.25) is 0 Å². The van der Waals surface area contributed by atoms with E-state index in [9.17, 15) is 26.4 Å². The van der Waals surface area contributed by atoms with Crippen LogP contribution in [0.15, 0.2) is 17.0 Å². The molecule has 2 atom stereocenters. The topological polar surface area (TPSA) is 79.8 Å². The van der Waals surface area contributed by atoms with Crippen molar-refractivity contribution in [3.8, 4) is 0 Å². The summed E-state index contributed by atoms with van der Waals surface area (Å²) in [4.78, 5) is 17.0. The van der Waals surface area contributed by atoms with Crippen LogP contribution in [0.25, 0.3) is 0 Å². The fraction of sp³-hybridized carbons (Fsp3) is 0.667. The fourth-order valence-corrected chi connectivity index (χ4v) is 5.45. The van der Waals surface area contributed by atoms with E-state index in [0.29, 0.717) is 19.2 Å². The maximum absolute atomic E-state index is 12.9. The number of ether oxygens (including phenoxy) is 1. The van der Waals surface area contributed by atoms with Gasteiger partial charge in [0.2, 0.25) is 10.0 Å². The summed E-state index contributed by atoms with van der Waals surface area (Å²) < 4.78 is 70.9. The van der Waals surface area contributed by atoms with E-state index in [-0.39, 0.29) is 35.5 Å². The van der Waals surface area contributed by atoms with Gasteiger partial charge in [0, 0.05) is 26.2 Å². The van der Waals surface area contributed by atoms with Gasteiger partial charge in [-0.2, -0.15) is 17.5 Å². The summed E-state index contributed by atoms with van der Waals surface area (Å²) in [5.74, 6) is -0.0833. The van der Waals surface area contributed by atoms with Crippen molar-refractivity contribution in [3.05, 3.63) is 23.5 Å². The van der Waals surface area contributed by atoms with Crippen molar-refractivity contribution in [1.29, 1.82) is 0 Å². The van der Waals surface area contributed by atoms with Crippen molar-refractivity contribution < 1.29 is 31.1 Å². The van der Waals surface area contributed by atoms with Gasteiger partial charge in [-0.3, -0.25) is 0 Å². The third kappa shape index (κ3) is 4.50. The molecule has 0 aliphatic carbocycles. The predicted molar refractivity (Wildman–Crippen MR) is 97.5 cm³/mol. The van der Waals surface area contributed by atoms with Gasteiger partial charge in [0.15, 0.2) is 0 Å². The number of hydrogen-bond donors (Lipinski definition) is 0. The van der Waals surface area contributed by atoms with Crippen LogP contribution in [0.4, 0.5) is 18.0 Å². The highest BCUT2D eigenvalue weighted by molar-refractivity contribution is 7.89. The molecule has 0 bridgehead atoms. The minimum Gasteiger partial charge on any atom is -0.444 e. The van der Waals surface area contributed by atoms with Crippen molar-refractivity contribution in [3.63, 3.8) is 0 Å². The molecule has 2 saturated heterocycles. The Morgan fingerprint density at radius 3 is 2.10 bits per heavy atom. The number of amides is 1. The van der Waals surface area contributed by atoms with E-state index < -0.39 is 33.6 Å². The van der Waals surface area contributed by atoms with E-state index in [2.05, 4.69) is 4.98 Å². The molecule has 1 aromatic rings. The van der Waals surface area contributed by atoms with Gasteiger partial charge in [0.25, 0.3) is 0 Å². The molecule has 0 N–H and O–H groups in total. The molecule has 2 aliphatic rings. The number of aromatic nitrogens is 1. The molecule has 2 fully saturated rings. The molecule has 1 unspecified atom stereocenters. The SMILES string of the molecule is Cc1nc(C(F)(F)F)ccc1S(=O)(=O)N1CC2CN(C(=O)OC(C)(C)C)C[C@@H]2C1. The number of carbonyl (C=O) groups excluding carboxylic acids is 1. The zero-order valence-electron chi connectivity index (χ0n) is 16.7. The number of rotatable bonds is 2. The van der Waals surface area contributed by atoms with Gasteiger partial charge >= 0.3 is 12.3 Å². The molecule has 2 aliphatic heterocycles. The van der Waals surface area contributed by atoms with E-state index in [4.69, 9.17) is 4.74 Å². The molecule has 0 spiro atoms. The van der Waals surface area contributed by atoms with E-state index >= 15 is 0 Å². The second-order valence-electron chi connectivity index (χ2n) is 8.51. The number of pyridine rings is 1. The molecule has 29 heavy (non-hydrogen) atoms. The van der Waals surface area contributed by atoms with Gasteiger partial charge in [0.1, 0.15) is 16.2 Å². The summed E-state index contributed by atoms with van der Waals surface area (Å²) in [6.45, 7) is 7.75. The Morgan fingerprint density at radius 1 is 1.10 bits per heavy atom. The summed E-state index contributed by atoms with van der Waals surface area (Å²) in [6, 6.07) is 1.64. The molecule has 1 amide bonds. The van der Waals surface area contributed by atoms with Gasteiger partial charge in [-0.15, -0.1) is 0 Å². The number of alkyl halides is 3. The lowest BCUT2D eigenvalue weighted by atomic mass is 10.0. The molecule has 0 saturated carbocycles. The zero-order chi connectivity index (χ0) is 21.8. The van der Waals surface area contributed by atoms with Crippen molar-refractivity contribution in [2.24, 2.45) is 11.8 Å². The Kier molecular flexibility index (Phi) is 5.36. The molecule has 3 rings (SSSR count). The van der Waals surface area contributed by atoms with Gasteiger partial charge in [-0.1, -0.05) is 0 Å². The number of hydrogen-bond acceptors (Lipinski definition) is 5. The van der Waals surface area contributed by atoms with Crippen LogP contribution < -0.4 is 0 Å². The predicted octanol–water partition coefficient (Wildman–Crippen LogP) is 2.90. The maximum Gasteiger partial charge on any atom is 0.433 e. The first-order valence-corrected chi connectivity index (χ1v) is 10.7. The minimum absolute atomic E-state index is 0.0417. The van der Waals surface area contributed by atoms with E-state index in [0.717, 1.165) is 6.07 Å². The van der Waals surface area contributed by atoms with Crippen LogP contribution in [-0.2, 0) is 20.9 Å². The summed E-state index contributed by atoms with van der Waals surface area (Å²) in [5.41, 5.74) is -1.93. The second kappa shape index (κ2) is 7.12. The number of fused-ring (bicyclic) bond motifs is 1. The summed E-state index contributed by atoms with van der Waals surface area (Å²) in [6.07, 6.45) is -5.06. The first-order valence-electron chi connectivity index (χ1n) is 9.21. The van der Waals surface area contributed by atoms with Crippen molar-refractivity contribution >= 4 is 16.1 Å². The summed E-state index contributed by atoms with van der Waals surface area (Å²) in [7, 11) is -3.97. The molecule has 11 heteroatoms. The number of sulfonamides is 1. The van der Waals surface area contributed by atoms with Crippen molar-refractivity contribution in [2.75, 3.05) is 26.2 Å². The number of aryl methyl sites for hydroxylation is 1. The molecule has 1 aromatic heterocycles. The van der Waals surface area contributed by atoms with Crippen molar-refractivity contribution in [2.45, 2.75) is 44.4 Å². The van der Waals surface area contributed by atoms with Crippen molar-refractivity contribution in [1.82, 2.24) is 14.2 Å². The molecule has 0 aromatic carbocycles. The highest BCUT2D eigenvalue weighted by Crippen LogP contribution is 2.36. The standard InChI is InChI=1S/C18H24F3N3O4S/c1-11-14(5-6-15(22-11)18(19,20)21)29(26,27)24-9-12-7-23(8-13(12)10-24)16(25)28-17(2,3)4/h5-6,12-13H,7-10H2,1-4H3/t12-,13?/m1/s1. The first kappa shape index (κ1) is 21.8. The van der Waals surface area contributed by atoms with E-state index in [1.807, 2.05) is 0 Å². The van der Waals surface area contributed by atoms with Crippen LogP contribution in [0.1, 0.15) is 32.2 Å². The second-order valence-corrected chi connectivity index (χ2v) is 10.4. The van der Waals surface area contributed by atoms with E-state index in [1.165, 1.54) is 11.2 Å². The Hall–Kier alpha value is -1.88. The van der Waals surface area contributed by atoms with Crippen LogP contribution in [0.5, 0.6) is 0 Å². The average Bonchev–Trinajstić information content (AvgIpc) is 3.11. The Balaban J connectivity index is 1.71. The Labute approximate surface area is 167 Å². The Bertz CT molecular complexity index is 898. The number of carbonyl (C=O) groups is 1. The fourth-order valence-electron chi connectivity index (χ4n) is 3.74. The highest BCUT2D eigenvalue weighted by atomic mass is 32.2. The number of nitrogens with zero attached hydrogens (tertiary/aromatic N) is 3. The van der Waals surface area contributed by atoms with Crippen LogP contribution in [-0.4, -0.2) is 60.5 Å². The van der Waals surface area contributed by atoms with Crippen LogP contribution >= 0.6 is 0 Å². The number of likely N-dealkylation sites (tertiary alicyclic amines) is 1. The zero-order valence-corrected chi connectivity index (χ0v) is 17.5. The number of halogens is 3. The minimum atomic E-state index is -4.64. The molecular weight excluding hydrogens is 411 g/mol. The van der Waals surface area contributed by atoms with Gasteiger partial charge < -0.3 is 9.64 Å². The Morgan fingerprint density at radius 2 is 1.66 bits per heavy atom. The highest BCUT2D eigenvalue weighted by Gasteiger charge is 2.46. The maximum atomic E-state index is 12.9. The lowest BCUT2D eigenvalue weighted by Crippen LogP contribution is -2.38. The molecule has 0 radical (unpaired) electrons. The third-order valence-electron chi connectivity index (χ3n) is 5.05. The molecule has 3 heterocycles. The van der Waals surface area contributed by atoms with Gasteiger partial charge in [-0.25, -0.2) is 18.2 Å². The third-order valence-corrected chi connectivity index (χ3v) is 7.02. The van der Waals surface area contributed by atoms with Gasteiger partial charge in [-0.05, 0) is 51.7 Å². The van der Waals surface area contributed by atoms with Crippen LogP contribution in [0.3, 0.4) is 0 Å².